The molecule has 20 heavy (non-hydrogen) atoms. The van der Waals surface area contributed by atoms with Crippen LogP contribution in [0.5, 0.6) is 11.5 Å². The summed E-state index contributed by atoms with van der Waals surface area (Å²) in [6.45, 7) is 4.98. The average molecular weight is 276 g/mol. The molecule has 0 atom stereocenters. The first-order valence-corrected chi connectivity index (χ1v) is 7.07. The molecule has 0 amide bonds. The van der Waals surface area contributed by atoms with Crippen LogP contribution in [0.25, 0.3) is 0 Å². The van der Waals surface area contributed by atoms with Gasteiger partial charge in [0.05, 0.1) is 12.2 Å². The lowest BCUT2D eigenvalue weighted by atomic mass is 9.97. The van der Waals surface area contributed by atoms with Crippen LogP contribution in [-0.2, 0) is 6.54 Å². The number of hydrogen-bond donors (Lipinski definition) is 1. The minimum Gasteiger partial charge on any atom is -0.508 e. The van der Waals surface area contributed by atoms with Gasteiger partial charge < -0.3 is 14.7 Å². The molecule has 0 saturated carbocycles. The first-order chi connectivity index (χ1) is 9.65. The number of piperazine rings is 1. The lowest BCUT2D eigenvalue weighted by Crippen LogP contribution is -2.44. The van der Waals surface area contributed by atoms with E-state index in [0.29, 0.717) is 30.9 Å². The van der Waals surface area contributed by atoms with E-state index in [4.69, 9.17) is 4.74 Å². The topological polar surface area (TPSA) is 53.0 Å². The van der Waals surface area contributed by atoms with Crippen molar-refractivity contribution in [2.75, 3.05) is 39.8 Å². The molecule has 0 aliphatic carbocycles. The molecule has 2 heterocycles. The van der Waals surface area contributed by atoms with Gasteiger partial charge in [-0.2, -0.15) is 0 Å². The van der Waals surface area contributed by atoms with Crippen molar-refractivity contribution in [3.8, 4) is 11.5 Å². The second kappa shape index (κ2) is 5.42. The zero-order chi connectivity index (χ0) is 14.1. The lowest BCUT2D eigenvalue weighted by molar-refractivity contribution is 0.0927. The van der Waals surface area contributed by atoms with Crippen LogP contribution in [-0.4, -0.2) is 60.5 Å². The van der Waals surface area contributed by atoms with Crippen molar-refractivity contribution in [1.29, 1.82) is 0 Å². The number of phenols is 1. The molecule has 0 bridgehead atoms. The molecular weight excluding hydrogens is 256 g/mol. The summed E-state index contributed by atoms with van der Waals surface area (Å²) in [6.07, 6.45) is 0.395. The normalized spacial score (nSPS) is 20.6. The number of ether oxygens (including phenoxy) is 1. The minimum atomic E-state index is 0.0753. The third-order valence-corrected chi connectivity index (χ3v) is 4.09. The molecule has 0 aromatic heterocycles. The van der Waals surface area contributed by atoms with Crippen LogP contribution in [0, 0.1) is 0 Å². The Balaban J connectivity index is 1.87. The Morgan fingerprint density at radius 1 is 1.25 bits per heavy atom. The first-order valence-electron chi connectivity index (χ1n) is 7.07. The van der Waals surface area contributed by atoms with Crippen LogP contribution < -0.4 is 4.74 Å². The number of fused-ring (bicyclic) bond motifs is 1. The standard InChI is InChI=1S/C15H20N2O3/c1-16-5-7-17(8-6-16)10-11-12(18)2-3-14-15(11)13(19)4-9-20-14/h2-3,18H,4-10H2,1H3. The zero-order valence-corrected chi connectivity index (χ0v) is 11.8. The number of hydrogen-bond acceptors (Lipinski definition) is 5. The summed E-state index contributed by atoms with van der Waals surface area (Å²) in [5, 5.41) is 10.1. The highest BCUT2D eigenvalue weighted by Crippen LogP contribution is 2.34. The number of rotatable bonds is 2. The molecule has 1 aromatic carbocycles. The largest absolute Gasteiger partial charge is 0.508 e. The molecule has 0 unspecified atom stereocenters. The van der Waals surface area contributed by atoms with Gasteiger partial charge in [0, 0.05) is 44.7 Å². The molecule has 5 heteroatoms. The number of aromatic hydroxyl groups is 1. The van der Waals surface area contributed by atoms with Crippen LogP contribution in [0.15, 0.2) is 12.1 Å². The maximum Gasteiger partial charge on any atom is 0.170 e. The van der Waals surface area contributed by atoms with Gasteiger partial charge in [-0.15, -0.1) is 0 Å². The van der Waals surface area contributed by atoms with Crippen molar-refractivity contribution < 1.29 is 14.6 Å². The molecule has 1 aromatic rings. The van der Waals surface area contributed by atoms with Crippen LogP contribution in [0.2, 0.25) is 0 Å². The van der Waals surface area contributed by atoms with Crippen LogP contribution in [0.3, 0.4) is 0 Å². The molecule has 108 valence electrons. The van der Waals surface area contributed by atoms with E-state index in [2.05, 4.69) is 16.8 Å². The minimum absolute atomic E-state index is 0.0753. The van der Waals surface area contributed by atoms with Gasteiger partial charge in [0.15, 0.2) is 5.78 Å². The van der Waals surface area contributed by atoms with Gasteiger partial charge >= 0.3 is 0 Å². The number of benzene rings is 1. The summed E-state index contributed by atoms with van der Waals surface area (Å²) in [7, 11) is 2.11. The van der Waals surface area contributed by atoms with Crippen molar-refractivity contribution in [3.63, 3.8) is 0 Å². The van der Waals surface area contributed by atoms with Crippen molar-refractivity contribution in [1.82, 2.24) is 9.80 Å². The first kappa shape index (κ1) is 13.4. The Morgan fingerprint density at radius 2 is 2.00 bits per heavy atom. The molecule has 2 aliphatic heterocycles. The second-order valence-electron chi connectivity index (χ2n) is 5.54. The van der Waals surface area contributed by atoms with Crippen LogP contribution in [0.4, 0.5) is 0 Å². The molecule has 5 nitrogen and oxygen atoms in total. The highest BCUT2D eigenvalue weighted by atomic mass is 16.5. The van der Waals surface area contributed by atoms with Gasteiger partial charge in [-0.05, 0) is 19.2 Å². The maximum atomic E-state index is 12.1. The number of Topliss-reactive ketones (excluding diaryl/α,β-unsaturated/α-hetero) is 1. The molecule has 3 rings (SSSR count). The summed E-state index contributed by atoms with van der Waals surface area (Å²) in [6, 6.07) is 3.32. The number of phenolic OH excluding ortho intramolecular Hbond substituents is 1. The number of likely N-dealkylation sites (N-methyl/N-ethyl adjacent to an activating group) is 1. The summed E-state index contributed by atoms with van der Waals surface area (Å²) < 4.78 is 5.54. The quantitative estimate of drug-likeness (QED) is 0.877. The molecule has 0 radical (unpaired) electrons. The number of carbonyl (C=O) groups is 1. The second-order valence-corrected chi connectivity index (χ2v) is 5.54. The van der Waals surface area contributed by atoms with Gasteiger partial charge in [-0.3, -0.25) is 9.69 Å². The fourth-order valence-electron chi connectivity index (χ4n) is 2.81. The van der Waals surface area contributed by atoms with Crippen molar-refractivity contribution in [2.45, 2.75) is 13.0 Å². The fourth-order valence-corrected chi connectivity index (χ4v) is 2.81. The molecule has 1 saturated heterocycles. The highest BCUT2D eigenvalue weighted by molar-refractivity contribution is 6.01. The highest BCUT2D eigenvalue weighted by Gasteiger charge is 2.26. The van der Waals surface area contributed by atoms with E-state index in [1.54, 1.807) is 12.1 Å². The van der Waals surface area contributed by atoms with Gasteiger partial charge in [-0.1, -0.05) is 0 Å². The molecular formula is C15H20N2O3. The average Bonchev–Trinajstić information content (AvgIpc) is 2.44. The summed E-state index contributed by atoms with van der Waals surface area (Å²) in [4.78, 5) is 16.7. The monoisotopic (exact) mass is 276 g/mol. The number of nitrogens with zero attached hydrogens (tertiary/aromatic N) is 2. The number of ketones is 1. The summed E-state index contributed by atoms with van der Waals surface area (Å²) in [5.74, 6) is 0.885. The smallest absolute Gasteiger partial charge is 0.170 e. The van der Waals surface area contributed by atoms with Gasteiger partial charge in [0.1, 0.15) is 11.5 Å². The van der Waals surface area contributed by atoms with E-state index in [9.17, 15) is 9.90 Å². The van der Waals surface area contributed by atoms with E-state index in [0.717, 1.165) is 31.7 Å². The predicted octanol–water partition coefficient (Wildman–Crippen LogP) is 1.10. The predicted molar refractivity (Wildman–Crippen MR) is 75.3 cm³/mol. The van der Waals surface area contributed by atoms with E-state index >= 15 is 0 Å². The van der Waals surface area contributed by atoms with E-state index < -0.39 is 0 Å². The Morgan fingerprint density at radius 3 is 2.75 bits per heavy atom. The van der Waals surface area contributed by atoms with Gasteiger partial charge in [-0.25, -0.2) is 0 Å². The Hall–Kier alpha value is -1.59. The Labute approximate surface area is 118 Å². The molecule has 1 N–H and O–H groups in total. The third kappa shape index (κ3) is 2.51. The zero-order valence-electron chi connectivity index (χ0n) is 11.8. The Bertz CT molecular complexity index is 522. The maximum absolute atomic E-state index is 12.1. The van der Waals surface area contributed by atoms with Crippen LogP contribution >= 0.6 is 0 Å². The van der Waals surface area contributed by atoms with E-state index in [-0.39, 0.29) is 11.5 Å². The van der Waals surface area contributed by atoms with E-state index in [1.807, 2.05) is 0 Å². The molecule has 2 aliphatic rings. The van der Waals surface area contributed by atoms with Crippen LogP contribution in [0.1, 0.15) is 22.3 Å². The molecule has 0 spiro atoms. The Kier molecular flexibility index (Phi) is 3.63. The van der Waals surface area contributed by atoms with Crippen molar-refractivity contribution in [3.05, 3.63) is 23.3 Å². The van der Waals surface area contributed by atoms with Gasteiger partial charge in [0.25, 0.3) is 0 Å². The van der Waals surface area contributed by atoms with E-state index in [1.165, 1.54) is 0 Å². The lowest BCUT2D eigenvalue weighted by Gasteiger charge is -2.33. The summed E-state index contributed by atoms with van der Waals surface area (Å²) in [5.41, 5.74) is 1.30. The number of carbonyl (C=O) groups excluding carboxylic acids is 1. The summed E-state index contributed by atoms with van der Waals surface area (Å²) >= 11 is 0. The van der Waals surface area contributed by atoms with Gasteiger partial charge in [0.2, 0.25) is 0 Å². The molecule has 1 fully saturated rings. The van der Waals surface area contributed by atoms with Crippen molar-refractivity contribution in [2.24, 2.45) is 0 Å². The SMILES string of the molecule is CN1CCN(Cc2c(O)ccc3c2C(=O)CCO3)CC1. The fraction of sp³-hybridized carbons (Fsp3) is 0.533. The third-order valence-electron chi connectivity index (χ3n) is 4.09. The van der Waals surface area contributed by atoms with Crippen molar-refractivity contribution >= 4 is 5.78 Å².